The Morgan fingerprint density at radius 1 is 1.33 bits per heavy atom. The van der Waals surface area contributed by atoms with Gasteiger partial charge >= 0.3 is 5.97 Å². The minimum atomic E-state index is -0.496. The first kappa shape index (κ1) is 15.0. The zero-order chi connectivity index (χ0) is 13.4. The van der Waals surface area contributed by atoms with Crippen molar-refractivity contribution >= 4 is 18.6 Å². The third-order valence-electron chi connectivity index (χ3n) is 2.28. The molecule has 1 aromatic rings. The van der Waals surface area contributed by atoms with Gasteiger partial charge in [-0.25, -0.2) is 9.18 Å². The van der Waals surface area contributed by atoms with E-state index in [2.05, 4.69) is 19.6 Å². The second-order valence-corrected chi connectivity index (χ2v) is 4.25. The average molecular weight is 272 g/mol. The summed E-state index contributed by atoms with van der Waals surface area (Å²) in [6.07, 6.45) is 2.06. The quantitative estimate of drug-likeness (QED) is 0.470. The number of halogens is 1. The fourth-order valence-electron chi connectivity index (χ4n) is 1.26. The largest absolute Gasteiger partial charge is 0.460 e. The lowest BCUT2D eigenvalue weighted by atomic mass is 10.2. The van der Waals surface area contributed by atoms with E-state index < -0.39 is 11.8 Å². The van der Waals surface area contributed by atoms with Crippen LogP contribution in [0.25, 0.3) is 0 Å². The molecule has 0 saturated carbocycles. The van der Waals surface area contributed by atoms with Crippen molar-refractivity contribution in [2.75, 3.05) is 19.8 Å². The van der Waals surface area contributed by atoms with Crippen LogP contribution >= 0.6 is 12.6 Å². The zero-order valence-corrected chi connectivity index (χ0v) is 11.2. The Kier molecular flexibility index (Phi) is 6.75. The van der Waals surface area contributed by atoms with E-state index in [4.69, 9.17) is 9.47 Å². The topological polar surface area (TPSA) is 35.5 Å². The highest BCUT2D eigenvalue weighted by Crippen LogP contribution is 2.14. The summed E-state index contributed by atoms with van der Waals surface area (Å²) in [5.41, 5.74) is 0.287. The maximum Gasteiger partial charge on any atom is 0.338 e. The van der Waals surface area contributed by atoms with Crippen molar-refractivity contribution in [3.8, 4) is 0 Å². The number of carbonyl (C=O) groups is 1. The predicted molar refractivity (Wildman–Crippen MR) is 69.7 cm³/mol. The minimum Gasteiger partial charge on any atom is -0.460 e. The number of ether oxygens (including phenoxy) is 2. The minimum absolute atomic E-state index is 0.128. The van der Waals surface area contributed by atoms with Gasteiger partial charge in [-0.1, -0.05) is 13.3 Å². The number of rotatable bonds is 7. The fourth-order valence-corrected chi connectivity index (χ4v) is 1.48. The smallest absolute Gasteiger partial charge is 0.338 e. The summed E-state index contributed by atoms with van der Waals surface area (Å²) in [6, 6.07) is 3.91. The van der Waals surface area contributed by atoms with Crippen molar-refractivity contribution in [2.45, 2.75) is 24.7 Å². The lowest BCUT2D eigenvalue weighted by Gasteiger charge is -2.06. The molecule has 5 heteroatoms. The molecule has 0 aliphatic heterocycles. The van der Waals surface area contributed by atoms with Crippen molar-refractivity contribution in [3.05, 3.63) is 29.6 Å². The molecule has 100 valence electrons. The van der Waals surface area contributed by atoms with Crippen LogP contribution in [0.3, 0.4) is 0 Å². The van der Waals surface area contributed by atoms with Crippen LogP contribution in [0.15, 0.2) is 23.1 Å². The fraction of sp³-hybridized carbons (Fsp3) is 0.462. The molecule has 1 rings (SSSR count). The highest BCUT2D eigenvalue weighted by Gasteiger charge is 2.09. The van der Waals surface area contributed by atoms with Crippen LogP contribution in [0.4, 0.5) is 4.39 Å². The monoisotopic (exact) mass is 272 g/mol. The Labute approximate surface area is 112 Å². The second-order valence-electron chi connectivity index (χ2n) is 3.77. The molecule has 0 radical (unpaired) electrons. The van der Waals surface area contributed by atoms with Crippen LogP contribution in [-0.4, -0.2) is 25.8 Å². The van der Waals surface area contributed by atoms with Crippen LogP contribution in [-0.2, 0) is 9.47 Å². The molecule has 0 spiro atoms. The summed E-state index contributed by atoms with van der Waals surface area (Å²) in [4.78, 5) is 11.7. The van der Waals surface area contributed by atoms with Crippen molar-refractivity contribution in [1.82, 2.24) is 0 Å². The van der Waals surface area contributed by atoms with Crippen molar-refractivity contribution in [2.24, 2.45) is 0 Å². The Balaban J connectivity index is 2.30. The van der Waals surface area contributed by atoms with Gasteiger partial charge < -0.3 is 9.47 Å². The molecule has 0 aliphatic carbocycles. The molecule has 0 N–H and O–H groups in total. The lowest BCUT2D eigenvalue weighted by Crippen LogP contribution is -2.11. The Morgan fingerprint density at radius 2 is 2.11 bits per heavy atom. The molecule has 0 aromatic heterocycles. The van der Waals surface area contributed by atoms with Gasteiger partial charge in [-0.2, -0.15) is 0 Å². The highest BCUT2D eigenvalue weighted by molar-refractivity contribution is 7.80. The summed E-state index contributed by atoms with van der Waals surface area (Å²) in [7, 11) is 0. The molecule has 0 saturated heterocycles. The van der Waals surface area contributed by atoms with Crippen molar-refractivity contribution < 1.29 is 18.7 Å². The maximum atomic E-state index is 12.9. The molecule has 18 heavy (non-hydrogen) atoms. The van der Waals surface area contributed by atoms with Gasteiger partial charge in [0.25, 0.3) is 0 Å². The van der Waals surface area contributed by atoms with Gasteiger partial charge in [0, 0.05) is 11.5 Å². The lowest BCUT2D eigenvalue weighted by molar-refractivity contribution is 0.0313. The molecule has 3 nitrogen and oxygen atoms in total. The molecular weight excluding hydrogens is 255 g/mol. The molecular formula is C13H17FO3S. The molecule has 0 heterocycles. The van der Waals surface area contributed by atoms with E-state index in [0.717, 1.165) is 12.8 Å². The Bertz CT molecular complexity index is 396. The first-order chi connectivity index (χ1) is 8.65. The molecule has 0 fully saturated rings. The molecule has 1 aromatic carbocycles. The van der Waals surface area contributed by atoms with E-state index in [-0.39, 0.29) is 17.1 Å². The third kappa shape index (κ3) is 5.06. The van der Waals surface area contributed by atoms with E-state index in [1.165, 1.54) is 18.2 Å². The molecule has 0 atom stereocenters. The summed E-state index contributed by atoms with van der Waals surface area (Å²) in [5.74, 6) is -0.956. The summed E-state index contributed by atoms with van der Waals surface area (Å²) in [6.45, 7) is 3.32. The van der Waals surface area contributed by atoms with Gasteiger partial charge in [-0.05, 0) is 24.6 Å². The maximum absolute atomic E-state index is 12.9. The predicted octanol–water partition coefficient (Wildman–Crippen LogP) is 3.09. The molecule has 0 aliphatic rings. The number of unbranched alkanes of at least 4 members (excludes halogenated alkanes) is 1. The van der Waals surface area contributed by atoms with Crippen molar-refractivity contribution in [3.63, 3.8) is 0 Å². The average Bonchev–Trinajstić information content (AvgIpc) is 2.36. The van der Waals surface area contributed by atoms with E-state index in [9.17, 15) is 9.18 Å². The van der Waals surface area contributed by atoms with E-state index in [1.54, 1.807) is 0 Å². The van der Waals surface area contributed by atoms with Gasteiger partial charge in [0.2, 0.25) is 0 Å². The second kappa shape index (κ2) is 8.11. The van der Waals surface area contributed by atoms with Gasteiger partial charge in [0.1, 0.15) is 12.4 Å². The molecule has 0 unspecified atom stereocenters. The molecule has 0 bridgehead atoms. The normalized spacial score (nSPS) is 10.4. The van der Waals surface area contributed by atoms with E-state index >= 15 is 0 Å². The van der Waals surface area contributed by atoms with Crippen LogP contribution in [0, 0.1) is 5.82 Å². The summed E-state index contributed by atoms with van der Waals surface area (Å²) in [5, 5.41) is 0. The van der Waals surface area contributed by atoms with E-state index in [1.807, 2.05) is 0 Å². The number of esters is 1. The van der Waals surface area contributed by atoms with Crippen LogP contribution < -0.4 is 0 Å². The van der Waals surface area contributed by atoms with Gasteiger partial charge in [0.05, 0.1) is 12.2 Å². The first-order valence-electron chi connectivity index (χ1n) is 5.88. The van der Waals surface area contributed by atoms with Crippen LogP contribution in [0.1, 0.15) is 30.1 Å². The summed E-state index contributed by atoms with van der Waals surface area (Å²) < 4.78 is 23.2. The first-order valence-corrected chi connectivity index (χ1v) is 6.33. The number of benzene rings is 1. The third-order valence-corrected chi connectivity index (χ3v) is 2.63. The van der Waals surface area contributed by atoms with Crippen molar-refractivity contribution in [1.29, 1.82) is 0 Å². The van der Waals surface area contributed by atoms with Gasteiger partial charge in [-0.15, -0.1) is 12.6 Å². The van der Waals surface area contributed by atoms with Crippen LogP contribution in [0.2, 0.25) is 0 Å². The van der Waals surface area contributed by atoms with Gasteiger partial charge in [0.15, 0.2) is 0 Å². The Hall–Kier alpha value is -1.07. The number of thiol groups is 1. The summed E-state index contributed by atoms with van der Waals surface area (Å²) >= 11 is 3.90. The Morgan fingerprint density at radius 3 is 2.78 bits per heavy atom. The number of hydrogen-bond acceptors (Lipinski definition) is 4. The van der Waals surface area contributed by atoms with Crippen LogP contribution in [0.5, 0.6) is 0 Å². The molecule has 0 amide bonds. The SMILES string of the molecule is CCCCOCCOC(=O)c1ccc(F)c(S)c1. The standard InChI is InChI=1S/C13H17FO3S/c1-2-3-6-16-7-8-17-13(15)10-4-5-11(14)12(18)9-10/h4-5,9,18H,2-3,6-8H2,1H3. The highest BCUT2D eigenvalue weighted by atomic mass is 32.1. The number of carbonyl (C=O) groups excluding carboxylic acids is 1. The van der Waals surface area contributed by atoms with Gasteiger partial charge in [-0.3, -0.25) is 0 Å². The number of hydrogen-bond donors (Lipinski definition) is 1. The zero-order valence-electron chi connectivity index (χ0n) is 10.3. The van der Waals surface area contributed by atoms with E-state index in [0.29, 0.717) is 13.2 Å².